The standard InChI is InChI=1S/C14H17FO3/c1-3-10(2)9-18-13-6-4-11(8-12(13)15)5-7-14(16)17/h4-8,10H,3,9H2,1-2H3,(H,16,17)/b7-5+. The average molecular weight is 252 g/mol. The SMILES string of the molecule is CCC(C)COc1ccc(/C=C/C(=O)O)cc1F. The molecular weight excluding hydrogens is 235 g/mol. The minimum atomic E-state index is -1.06. The number of carboxylic acids is 1. The third kappa shape index (κ3) is 4.57. The molecule has 0 spiro atoms. The molecule has 1 aromatic rings. The van der Waals surface area contributed by atoms with Crippen molar-refractivity contribution in [3.8, 4) is 5.75 Å². The fourth-order valence-corrected chi connectivity index (χ4v) is 1.26. The molecule has 1 unspecified atom stereocenters. The lowest BCUT2D eigenvalue weighted by Crippen LogP contribution is -2.08. The van der Waals surface area contributed by atoms with Gasteiger partial charge in [0.25, 0.3) is 0 Å². The van der Waals surface area contributed by atoms with Crippen LogP contribution in [0, 0.1) is 11.7 Å². The van der Waals surface area contributed by atoms with Crippen LogP contribution < -0.4 is 4.74 Å². The molecule has 0 aliphatic rings. The highest BCUT2D eigenvalue weighted by Gasteiger charge is 2.06. The van der Waals surface area contributed by atoms with Gasteiger partial charge in [-0.05, 0) is 29.7 Å². The molecule has 1 aromatic carbocycles. The molecule has 18 heavy (non-hydrogen) atoms. The summed E-state index contributed by atoms with van der Waals surface area (Å²) in [5.41, 5.74) is 0.491. The maximum atomic E-state index is 13.6. The lowest BCUT2D eigenvalue weighted by molar-refractivity contribution is -0.131. The molecular formula is C14H17FO3. The first-order valence-corrected chi connectivity index (χ1v) is 5.86. The first-order valence-electron chi connectivity index (χ1n) is 5.86. The van der Waals surface area contributed by atoms with E-state index in [0.29, 0.717) is 18.1 Å². The average Bonchev–Trinajstić information content (AvgIpc) is 2.34. The van der Waals surface area contributed by atoms with Gasteiger partial charge in [-0.25, -0.2) is 9.18 Å². The van der Waals surface area contributed by atoms with E-state index >= 15 is 0 Å². The monoisotopic (exact) mass is 252 g/mol. The van der Waals surface area contributed by atoms with Gasteiger partial charge in [-0.15, -0.1) is 0 Å². The summed E-state index contributed by atoms with van der Waals surface area (Å²) in [4.78, 5) is 10.3. The first-order chi connectivity index (χ1) is 8.52. The molecule has 1 N–H and O–H groups in total. The minimum Gasteiger partial charge on any atom is -0.490 e. The number of carboxylic acid groups (broad SMARTS) is 1. The fraction of sp³-hybridized carbons (Fsp3) is 0.357. The quantitative estimate of drug-likeness (QED) is 0.790. The van der Waals surface area contributed by atoms with Crippen molar-refractivity contribution in [2.45, 2.75) is 20.3 Å². The van der Waals surface area contributed by atoms with Crippen molar-refractivity contribution in [3.05, 3.63) is 35.7 Å². The van der Waals surface area contributed by atoms with E-state index in [2.05, 4.69) is 0 Å². The Kier molecular flexibility index (Phi) is 5.36. The molecule has 0 radical (unpaired) electrons. The summed E-state index contributed by atoms with van der Waals surface area (Å²) in [6, 6.07) is 4.39. The van der Waals surface area contributed by atoms with Crippen molar-refractivity contribution in [1.82, 2.24) is 0 Å². The minimum absolute atomic E-state index is 0.197. The Bertz CT molecular complexity index is 441. The van der Waals surface area contributed by atoms with Crippen molar-refractivity contribution >= 4 is 12.0 Å². The molecule has 0 aliphatic heterocycles. The van der Waals surface area contributed by atoms with E-state index in [-0.39, 0.29) is 5.75 Å². The molecule has 1 atom stereocenters. The third-order valence-corrected chi connectivity index (χ3v) is 2.59. The van der Waals surface area contributed by atoms with Gasteiger partial charge < -0.3 is 9.84 Å². The van der Waals surface area contributed by atoms with Gasteiger partial charge in [-0.3, -0.25) is 0 Å². The molecule has 0 saturated carbocycles. The van der Waals surface area contributed by atoms with Gasteiger partial charge in [-0.1, -0.05) is 26.3 Å². The van der Waals surface area contributed by atoms with Gasteiger partial charge in [-0.2, -0.15) is 0 Å². The summed E-state index contributed by atoms with van der Waals surface area (Å²) in [7, 11) is 0. The van der Waals surface area contributed by atoms with E-state index in [1.54, 1.807) is 6.07 Å². The Balaban J connectivity index is 2.70. The van der Waals surface area contributed by atoms with E-state index in [4.69, 9.17) is 9.84 Å². The molecule has 0 bridgehead atoms. The molecule has 0 aliphatic carbocycles. The van der Waals surface area contributed by atoms with E-state index in [1.165, 1.54) is 18.2 Å². The summed E-state index contributed by atoms with van der Waals surface area (Å²) >= 11 is 0. The van der Waals surface area contributed by atoms with E-state index in [9.17, 15) is 9.18 Å². The zero-order valence-electron chi connectivity index (χ0n) is 10.5. The zero-order chi connectivity index (χ0) is 13.5. The smallest absolute Gasteiger partial charge is 0.328 e. The number of carbonyl (C=O) groups is 1. The molecule has 0 heterocycles. The van der Waals surface area contributed by atoms with Crippen LogP contribution in [0.1, 0.15) is 25.8 Å². The lowest BCUT2D eigenvalue weighted by atomic mass is 10.1. The number of rotatable bonds is 6. The van der Waals surface area contributed by atoms with Crippen molar-refractivity contribution in [2.75, 3.05) is 6.61 Å². The number of ether oxygens (including phenoxy) is 1. The summed E-state index contributed by atoms with van der Waals surface area (Å²) in [5, 5.41) is 8.47. The van der Waals surface area contributed by atoms with Crippen LogP contribution in [0.5, 0.6) is 5.75 Å². The van der Waals surface area contributed by atoms with E-state index in [1.807, 2.05) is 13.8 Å². The van der Waals surface area contributed by atoms with Gasteiger partial charge in [0.15, 0.2) is 11.6 Å². The predicted octanol–water partition coefficient (Wildman–Crippen LogP) is 3.35. The number of benzene rings is 1. The molecule has 0 fully saturated rings. The molecule has 4 heteroatoms. The van der Waals surface area contributed by atoms with Crippen molar-refractivity contribution in [2.24, 2.45) is 5.92 Å². The Morgan fingerprint density at radius 3 is 2.83 bits per heavy atom. The number of hydrogen-bond donors (Lipinski definition) is 1. The van der Waals surface area contributed by atoms with Crippen molar-refractivity contribution in [3.63, 3.8) is 0 Å². The number of halogens is 1. The summed E-state index contributed by atoms with van der Waals surface area (Å²) in [5.74, 6) is -0.975. The van der Waals surface area contributed by atoms with Crippen LogP contribution >= 0.6 is 0 Å². The van der Waals surface area contributed by atoms with E-state index in [0.717, 1.165) is 12.5 Å². The second kappa shape index (κ2) is 6.79. The van der Waals surface area contributed by atoms with Gasteiger partial charge in [0.05, 0.1) is 6.61 Å². The van der Waals surface area contributed by atoms with Gasteiger partial charge in [0, 0.05) is 6.08 Å². The third-order valence-electron chi connectivity index (χ3n) is 2.59. The molecule has 0 amide bonds. The largest absolute Gasteiger partial charge is 0.490 e. The Hall–Kier alpha value is -1.84. The van der Waals surface area contributed by atoms with Crippen LogP contribution in [0.15, 0.2) is 24.3 Å². The van der Waals surface area contributed by atoms with Crippen LogP contribution in [0.4, 0.5) is 4.39 Å². The summed E-state index contributed by atoms with van der Waals surface area (Å²) in [6.07, 6.45) is 3.28. The Labute approximate surface area is 106 Å². The van der Waals surface area contributed by atoms with Gasteiger partial charge in [0.2, 0.25) is 0 Å². The first kappa shape index (κ1) is 14.2. The Morgan fingerprint density at radius 1 is 1.56 bits per heavy atom. The second-order valence-corrected chi connectivity index (χ2v) is 4.19. The van der Waals surface area contributed by atoms with Gasteiger partial charge in [0.1, 0.15) is 0 Å². The summed E-state index contributed by atoms with van der Waals surface area (Å²) < 4.78 is 19.0. The highest BCUT2D eigenvalue weighted by atomic mass is 19.1. The van der Waals surface area contributed by atoms with Crippen LogP contribution in [0.3, 0.4) is 0 Å². The normalized spacial score (nSPS) is 12.6. The van der Waals surface area contributed by atoms with E-state index < -0.39 is 11.8 Å². The molecule has 0 saturated heterocycles. The van der Waals surface area contributed by atoms with Crippen molar-refractivity contribution < 1.29 is 19.0 Å². The predicted molar refractivity (Wildman–Crippen MR) is 68.0 cm³/mol. The maximum Gasteiger partial charge on any atom is 0.328 e. The molecule has 1 rings (SSSR count). The number of aliphatic carboxylic acids is 1. The van der Waals surface area contributed by atoms with Crippen LogP contribution in [0.25, 0.3) is 6.08 Å². The zero-order valence-corrected chi connectivity index (χ0v) is 10.5. The second-order valence-electron chi connectivity index (χ2n) is 4.19. The highest BCUT2D eigenvalue weighted by molar-refractivity contribution is 5.85. The highest BCUT2D eigenvalue weighted by Crippen LogP contribution is 2.20. The van der Waals surface area contributed by atoms with Crippen molar-refractivity contribution in [1.29, 1.82) is 0 Å². The van der Waals surface area contributed by atoms with Crippen LogP contribution in [-0.2, 0) is 4.79 Å². The maximum absolute atomic E-state index is 13.6. The van der Waals surface area contributed by atoms with Gasteiger partial charge >= 0.3 is 5.97 Å². The Morgan fingerprint density at radius 2 is 2.28 bits per heavy atom. The number of hydrogen-bond acceptors (Lipinski definition) is 2. The summed E-state index contributed by atoms with van der Waals surface area (Å²) in [6.45, 7) is 4.55. The molecule has 98 valence electrons. The fourth-order valence-electron chi connectivity index (χ4n) is 1.26. The molecule has 3 nitrogen and oxygen atoms in total. The topological polar surface area (TPSA) is 46.5 Å². The lowest BCUT2D eigenvalue weighted by Gasteiger charge is -2.11. The van der Waals surface area contributed by atoms with Crippen LogP contribution in [0.2, 0.25) is 0 Å². The van der Waals surface area contributed by atoms with Crippen LogP contribution in [-0.4, -0.2) is 17.7 Å². The molecule has 0 aromatic heterocycles.